The number of nitrogens with one attached hydrogen (secondary N) is 2. The zero-order valence-electron chi connectivity index (χ0n) is 14.2. The molecule has 0 bridgehead atoms. The summed E-state index contributed by atoms with van der Waals surface area (Å²) in [4.78, 5) is 25.0. The van der Waals surface area contributed by atoms with Crippen molar-refractivity contribution in [1.29, 1.82) is 0 Å². The first kappa shape index (κ1) is 17.0. The van der Waals surface area contributed by atoms with Crippen molar-refractivity contribution in [1.82, 2.24) is 5.32 Å². The Balaban J connectivity index is 1.73. The van der Waals surface area contributed by atoms with E-state index in [1.54, 1.807) is 55.6 Å². The van der Waals surface area contributed by atoms with Crippen molar-refractivity contribution in [3.8, 4) is 5.75 Å². The van der Waals surface area contributed by atoms with Crippen LogP contribution >= 0.6 is 0 Å². The molecule has 5 nitrogen and oxygen atoms in total. The molecule has 2 amide bonds. The van der Waals surface area contributed by atoms with Crippen LogP contribution in [0.15, 0.2) is 48.5 Å². The van der Waals surface area contributed by atoms with Crippen LogP contribution in [0.4, 0.5) is 5.69 Å². The lowest BCUT2D eigenvalue weighted by atomic mass is 10.1. The molecule has 0 radical (unpaired) electrons. The smallest absolute Gasteiger partial charge is 0.255 e. The third-order valence-electron chi connectivity index (χ3n) is 4.46. The third kappa shape index (κ3) is 4.18. The topological polar surface area (TPSA) is 67.4 Å². The predicted octanol–water partition coefficient (Wildman–Crippen LogP) is 3.62. The minimum atomic E-state index is -0.260. The largest absolute Gasteiger partial charge is 0.497 e. The second-order valence-electron chi connectivity index (χ2n) is 6.18. The fourth-order valence-electron chi connectivity index (χ4n) is 3.06. The number of benzene rings is 2. The summed E-state index contributed by atoms with van der Waals surface area (Å²) in [6.45, 7) is 0. The highest BCUT2D eigenvalue weighted by Crippen LogP contribution is 2.21. The minimum absolute atomic E-state index is 0.141. The summed E-state index contributed by atoms with van der Waals surface area (Å²) in [5.74, 6) is 0.286. The van der Waals surface area contributed by atoms with E-state index in [0.29, 0.717) is 22.6 Å². The molecular weight excluding hydrogens is 316 g/mol. The summed E-state index contributed by atoms with van der Waals surface area (Å²) in [6, 6.07) is 14.1. The van der Waals surface area contributed by atoms with Crippen molar-refractivity contribution < 1.29 is 14.3 Å². The van der Waals surface area contributed by atoms with Crippen LogP contribution in [0.25, 0.3) is 0 Å². The van der Waals surface area contributed by atoms with Crippen LogP contribution in [-0.4, -0.2) is 25.0 Å². The zero-order valence-corrected chi connectivity index (χ0v) is 14.2. The maximum absolute atomic E-state index is 12.5. The molecule has 0 aromatic heterocycles. The standard InChI is InChI=1S/C20H22N2O3/c1-25-16-12-10-14(11-13-16)19(23)22-18-9-5-4-8-17(18)20(24)21-15-6-2-3-7-15/h4-5,8-13,15H,2-3,6-7H2,1H3,(H,21,24)(H,22,23). The van der Waals surface area contributed by atoms with Gasteiger partial charge in [-0.1, -0.05) is 25.0 Å². The summed E-state index contributed by atoms with van der Waals surface area (Å²) in [7, 11) is 1.58. The molecule has 2 aromatic carbocycles. The van der Waals surface area contributed by atoms with Crippen LogP contribution in [0.3, 0.4) is 0 Å². The van der Waals surface area contributed by atoms with Gasteiger partial charge in [0, 0.05) is 11.6 Å². The van der Waals surface area contributed by atoms with Gasteiger partial charge in [-0.25, -0.2) is 0 Å². The van der Waals surface area contributed by atoms with Gasteiger partial charge in [0.25, 0.3) is 11.8 Å². The number of hydrogen-bond acceptors (Lipinski definition) is 3. The predicted molar refractivity (Wildman–Crippen MR) is 97.1 cm³/mol. The minimum Gasteiger partial charge on any atom is -0.497 e. The molecule has 0 spiro atoms. The number of carbonyl (C=O) groups excluding carboxylic acids is 2. The van der Waals surface area contributed by atoms with Gasteiger partial charge in [0.05, 0.1) is 18.4 Å². The van der Waals surface area contributed by atoms with Gasteiger partial charge >= 0.3 is 0 Å². The van der Waals surface area contributed by atoms with Crippen LogP contribution in [0.1, 0.15) is 46.4 Å². The second-order valence-corrected chi connectivity index (χ2v) is 6.18. The number of hydrogen-bond donors (Lipinski definition) is 2. The van der Waals surface area contributed by atoms with Crippen LogP contribution < -0.4 is 15.4 Å². The monoisotopic (exact) mass is 338 g/mol. The number of methoxy groups -OCH3 is 1. The van der Waals surface area contributed by atoms with Gasteiger partial charge in [0.15, 0.2) is 0 Å². The van der Waals surface area contributed by atoms with Gasteiger partial charge in [-0.05, 0) is 49.2 Å². The van der Waals surface area contributed by atoms with Gasteiger partial charge < -0.3 is 15.4 Å². The summed E-state index contributed by atoms with van der Waals surface area (Å²) in [5, 5.41) is 5.89. The molecule has 1 aliphatic carbocycles. The highest BCUT2D eigenvalue weighted by molar-refractivity contribution is 6.09. The van der Waals surface area contributed by atoms with Crippen molar-refractivity contribution in [2.24, 2.45) is 0 Å². The Kier molecular flexibility index (Phi) is 5.33. The lowest BCUT2D eigenvalue weighted by Gasteiger charge is -2.15. The van der Waals surface area contributed by atoms with Crippen molar-refractivity contribution in [3.05, 3.63) is 59.7 Å². The Bertz CT molecular complexity index is 750. The molecule has 1 fully saturated rings. The first-order valence-electron chi connectivity index (χ1n) is 8.52. The average molecular weight is 338 g/mol. The molecular formula is C20H22N2O3. The first-order valence-corrected chi connectivity index (χ1v) is 8.52. The molecule has 25 heavy (non-hydrogen) atoms. The molecule has 1 saturated carbocycles. The number of rotatable bonds is 5. The molecule has 130 valence electrons. The third-order valence-corrected chi connectivity index (χ3v) is 4.46. The Labute approximate surface area is 147 Å². The number of carbonyl (C=O) groups is 2. The van der Waals surface area contributed by atoms with Crippen molar-refractivity contribution >= 4 is 17.5 Å². The summed E-state index contributed by atoms with van der Waals surface area (Å²) >= 11 is 0. The maximum atomic E-state index is 12.5. The van der Waals surface area contributed by atoms with Crippen LogP contribution in [0.5, 0.6) is 5.75 Å². The molecule has 2 aromatic rings. The molecule has 0 atom stereocenters. The van der Waals surface area contributed by atoms with E-state index in [1.807, 2.05) is 0 Å². The molecule has 2 N–H and O–H groups in total. The summed E-state index contributed by atoms with van der Waals surface area (Å²) < 4.78 is 5.10. The fraction of sp³-hybridized carbons (Fsp3) is 0.300. The Morgan fingerprint density at radius 3 is 2.32 bits per heavy atom. The summed E-state index contributed by atoms with van der Waals surface area (Å²) in [6.07, 6.45) is 4.35. The highest BCUT2D eigenvalue weighted by Gasteiger charge is 2.20. The van der Waals surface area contributed by atoms with Gasteiger partial charge in [-0.3, -0.25) is 9.59 Å². The van der Waals surface area contributed by atoms with E-state index in [9.17, 15) is 9.59 Å². The summed E-state index contributed by atoms with van der Waals surface area (Å²) in [5.41, 5.74) is 1.50. The van der Waals surface area contributed by atoms with E-state index < -0.39 is 0 Å². The Morgan fingerprint density at radius 1 is 0.960 bits per heavy atom. The molecule has 0 heterocycles. The van der Waals surface area contributed by atoms with Gasteiger partial charge in [0.1, 0.15) is 5.75 Å². The lowest BCUT2D eigenvalue weighted by molar-refractivity contribution is 0.0939. The van der Waals surface area contributed by atoms with E-state index in [0.717, 1.165) is 25.7 Å². The zero-order chi connectivity index (χ0) is 17.6. The Morgan fingerprint density at radius 2 is 1.64 bits per heavy atom. The number of para-hydroxylation sites is 1. The van der Waals surface area contributed by atoms with E-state index in [2.05, 4.69) is 10.6 Å². The normalized spacial score (nSPS) is 14.1. The molecule has 3 rings (SSSR count). The first-order chi connectivity index (χ1) is 12.2. The van der Waals surface area contributed by atoms with Gasteiger partial charge in [0.2, 0.25) is 0 Å². The van der Waals surface area contributed by atoms with Crippen LogP contribution in [0, 0.1) is 0 Å². The second kappa shape index (κ2) is 7.83. The molecule has 0 unspecified atom stereocenters. The molecule has 1 aliphatic rings. The van der Waals surface area contributed by atoms with Crippen LogP contribution in [-0.2, 0) is 0 Å². The van der Waals surface area contributed by atoms with Crippen molar-refractivity contribution in [3.63, 3.8) is 0 Å². The molecule has 5 heteroatoms. The maximum Gasteiger partial charge on any atom is 0.255 e. The Hall–Kier alpha value is -2.82. The number of anilines is 1. The van der Waals surface area contributed by atoms with Crippen LogP contribution in [0.2, 0.25) is 0 Å². The van der Waals surface area contributed by atoms with E-state index >= 15 is 0 Å². The number of ether oxygens (including phenoxy) is 1. The quantitative estimate of drug-likeness (QED) is 0.875. The van der Waals surface area contributed by atoms with Gasteiger partial charge in [-0.2, -0.15) is 0 Å². The number of amides is 2. The van der Waals surface area contributed by atoms with E-state index in [4.69, 9.17) is 4.74 Å². The lowest BCUT2D eigenvalue weighted by Crippen LogP contribution is -2.33. The highest BCUT2D eigenvalue weighted by atomic mass is 16.5. The fourth-order valence-corrected chi connectivity index (χ4v) is 3.06. The molecule has 0 saturated heterocycles. The van der Waals surface area contributed by atoms with Crippen molar-refractivity contribution in [2.45, 2.75) is 31.7 Å². The van der Waals surface area contributed by atoms with Crippen molar-refractivity contribution in [2.75, 3.05) is 12.4 Å². The molecule has 0 aliphatic heterocycles. The average Bonchev–Trinajstić information content (AvgIpc) is 3.15. The van der Waals surface area contributed by atoms with E-state index in [1.165, 1.54) is 0 Å². The van der Waals surface area contributed by atoms with E-state index in [-0.39, 0.29) is 17.9 Å². The van der Waals surface area contributed by atoms with Gasteiger partial charge in [-0.15, -0.1) is 0 Å². The SMILES string of the molecule is COc1ccc(C(=O)Nc2ccccc2C(=O)NC2CCCC2)cc1.